The monoisotopic (exact) mass is 175 g/mol. The van der Waals surface area contributed by atoms with Crippen LogP contribution in [0, 0.1) is 21.7 Å². The van der Waals surface area contributed by atoms with Crippen molar-refractivity contribution in [3.05, 3.63) is 33.9 Å². The SMILES string of the molecule is O=[N+]([O-])c1c(F)ccc(F)c1O. The van der Waals surface area contributed by atoms with Gasteiger partial charge in [0.15, 0.2) is 5.82 Å². The second-order valence-corrected chi connectivity index (χ2v) is 1.98. The van der Waals surface area contributed by atoms with Crippen molar-refractivity contribution in [3.63, 3.8) is 0 Å². The maximum atomic E-state index is 12.5. The molecular formula is C6H3F2NO3. The Balaban J connectivity index is 3.43. The van der Waals surface area contributed by atoms with E-state index >= 15 is 0 Å². The molecule has 1 aromatic carbocycles. The molecule has 6 heteroatoms. The minimum Gasteiger partial charge on any atom is -0.500 e. The maximum absolute atomic E-state index is 12.5. The summed E-state index contributed by atoms with van der Waals surface area (Å²) in [5.74, 6) is -3.76. The summed E-state index contributed by atoms with van der Waals surface area (Å²) in [4.78, 5) is 8.85. The molecule has 1 aromatic rings. The van der Waals surface area contributed by atoms with Crippen LogP contribution in [0.25, 0.3) is 0 Å². The molecule has 0 heterocycles. The standard InChI is InChI=1S/C6H3F2NO3/c7-3-1-2-4(8)6(10)5(3)9(11)12/h1-2,10H. The number of nitrogens with zero attached hydrogens (tertiary/aromatic N) is 1. The average molecular weight is 175 g/mol. The molecule has 0 aromatic heterocycles. The maximum Gasteiger partial charge on any atom is 0.349 e. The third-order valence-electron chi connectivity index (χ3n) is 1.24. The van der Waals surface area contributed by atoms with Crippen LogP contribution < -0.4 is 0 Å². The van der Waals surface area contributed by atoms with E-state index in [1.807, 2.05) is 0 Å². The topological polar surface area (TPSA) is 63.4 Å². The molecule has 64 valence electrons. The summed E-state index contributed by atoms with van der Waals surface area (Å²) in [6.07, 6.45) is 0. The van der Waals surface area contributed by atoms with Gasteiger partial charge in [-0.05, 0) is 12.1 Å². The summed E-state index contributed by atoms with van der Waals surface area (Å²) in [6.45, 7) is 0. The van der Waals surface area contributed by atoms with Gasteiger partial charge in [0, 0.05) is 0 Å². The Kier molecular flexibility index (Phi) is 1.90. The van der Waals surface area contributed by atoms with Crippen LogP contribution in [0.5, 0.6) is 5.75 Å². The first-order chi connectivity index (χ1) is 5.54. The Bertz CT molecular complexity index is 340. The molecule has 0 amide bonds. The molecular weight excluding hydrogens is 172 g/mol. The van der Waals surface area contributed by atoms with E-state index < -0.39 is 28.0 Å². The van der Waals surface area contributed by atoms with E-state index in [1.54, 1.807) is 0 Å². The van der Waals surface area contributed by atoms with Crippen molar-refractivity contribution in [2.24, 2.45) is 0 Å². The Morgan fingerprint density at radius 2 is 1.83 bits per heavy atom. The van der Waals surface area contributed by atoms with E-state index in [2.05, 4.69) is 0 Å². The first-order valence-corrected chi connectivity index (χ1v) is 2.85. The van der Waals surface area contributed by atoms with Gasteiger partial charge in [0.05, 0.1) is 4.92 Å². The number of hydrogen-bond acceptors (Lipinski definition) is 3. The Hall–Kier alpha value is -1.72. The second-order valence-electron chi connectivity index (χ2n) is 1.98. The lowest BCUT2D eigenvalue weighted by atomic mass is 10.3. The van der Waals surface area contributed by atoms with Crippen LogP contribution >= 0.6 is 0 Å². The van der Waals surface area contributed by atoms with E-state index in [9.17, 15) is 18.9 Å². The molecule has 1 rings (SSSR count). The highest BCUT2D eigenvalue weighted by Crippen LogP contribution is 2.30. The van der Waals surface area contributed by atoms with Crippen molar-refractivity contribution >= 4 is 5.69 Å². The summed E-state index contributed by atoms with van der Waals surface area (Å²) in [5, 5.41) is 18.7. The predicted octanol–water partition coefficient (Wildman–Crippen LogP) is 1.58. The summed E-state index contributed by atoms with van der Waals surface area (Å²) in [6, 6.07) is 1.19. The third-order valence-corrected chi connectivity index (χ3v) is 1.24. The zero-order valence-electron chi connectivity index (χ0n) is 5.62. The smallest absolute Gasteiger partial charge is 0.349 e. The molecule has 0 spiro atoms. The van der Waals surface area contributed by atoms with Crippen LogP contribution in [-0.4, -0.2) is 10.0 Å². The summed E-state index contributed by atoms with van der Waals surface area (Å²) in [7, 11) is 0. The lowest BCUT2D eigenvalue weighted by molar-refractivity contribution is -0.388. The van der Waals surface area contributed by atoms with Gasteiger partial charge in [-0.2, -0.15) is 4.39 Å². The second kappa shape index (κ2) is 2.72. The highest BCUT2D eigenvalue weighted by Gasteiger charge is 2.23. The largest absolute Gasteiger partial charge is 0.500 e. The van der Waals surface area contributed by atoms with E-state index in [0.29, 0.717) is 12.1 Å². The van der Waals surface area contributed by atoms with Crippen LogP contribution in [0.1, 0.15) is 0 Å². The van der Waals surface area contributed by atoms with E-state index in [0.717, 1.165) is 0 Å². The normalized spacial score (nSPS) is 9.83. The van der Waals surface area contributed by atoms with Crippen molar-refractivity contribution in [1.29, 1.82) is 0 Å². The Morgan fingerprint density at radius 3 is 2.25 bits per heavy atom. The van der Waals surface area contributed by atoms with Crippen molar-refractivity contribution in [1.82, 2.24) is 0 Å². The number of nitro benzene ring substituents is 1. The minimum absolute atomic E-state index is 0.577. The number of nitro groups is 1. The first kappa shape index (κ1) is 8.38. The molecule has 0 radical (unpaired) electrons. The van der Waals surface area contributed by atoms with Crippen molar-refractivity contribution < 1.29 is 18.8 Å². The fourth-order valence-corrected chi connectivity index (χ4v) is 0.704. The van der Waals surface area contributed by atoms with Crippen molar-refractivity contribution in [2.45, 2.75) is 0 Å². The van der Waals surface area contributed by atoms with Gasteiger partial charge >= 0.3 is 5.69 Å². The van der Waals surface area contributed by atoms with Gasteiger partial charge in [-0.1, -0.05) is 0 Å². The fraction of sp³-hybridized carbons (Fsp3) is 0. The van der Waals surface area contributed by atoms with Gasteiger partial charge in [0.25, 0.3) is 0 Å². The van der Waals surface area contributed by atoms with Gasteiger partial charge in [-0.15, -0.1) is 0 Å². The zero-order chi connectivity index (χ0) is 9.30. The quantitative estimate of drug-likeness (QED) is 0.520. The third kappa shape index (κ3) is 1.18. The van der Waals surface area contributed by atoms with E-state index in [1.165, 1.54) is 0 Å². The van der Waals surface area contributed by atoms with Crippen LogP contribution in [0.2, 0.25) is 0 Å². The van der Waals surface area contributed by atoms with Crippen LogP contribution in [0.3, 0.4) is 0 Å². The highest BCUT2D eigenvalue weighted by molar-refractivity contribution is 5.46. The molecule has 0 aliphatic rings. The molecule has 0 atom stereocenters. The number of aromatic hydroxyl groups is 1. The van der Waals surface area contributed by atoms with Gasteiger partial charge in [0.2, 0.25) is 11.6 Å². The molecule has 0 unspecified atom stereocenters. The zero-order valence-corrected chi connectivity index (χ0v) is 5.62. The first-order valence-electron chi connectivity index (χ1n) is 2.85. The van der Waals surface area contributed by atoms with Crippen LogP contribution in [0.4, 0.5) is 14.5 Å². The number of halogens is 2. The molecule has 0 fully saturated rings. The summed E-state index contributed by atoms with van der Waals surface area (Å²) in [5.41, 5.74) is -1.24. The lowest BCUT2D eigenvalue weighted by Crippen LogP contribution is -1.94. The molecule has 0 saturated carbocycles. The molecule has 0 bridgehead atoms. The lowest BCUT2D eigenvalue weighted by Gasteiger charge is -1.96. The van der Waals surface area contributed by atoms with Crippen LogP contribution in [0.15, 0.2) is 12.1 Å². The molecule has 0 aliphatic carbocycles. The number of phenols is 1. The molecule has 0 saturated heterocycles. The number of hydrogen-bond donors (Lipinski definition) is 1. The number of phenolic OH excluding ortho intramolecular Hbond substituents is 1. The van der Waals surface area contributed by atoms with E-state index in [-0.39, 0.29) is 0 Å². The van der Waals surface area contributed by atoms with Gasteiger partial charge in [-0.3, -0.25) is 10.1 Å². The molecule has 1 N–H and O–H groups in total. The predicted molar refractivity (Wildman–Crippen MR) is 34.7 cm³/mol. The average Bonchev–Trinajstić information content (AvgIpc) is 1.97. The van der Waals surface area contributed by atoms with Crippen molar-refractivity contribution in [3.8, 4) is 5.75 Å². The Labute approximate surface area is 65.2 Å². The fourth-order valence-electron chi connectivity index (χ4n) is 0.704. The molecule has 12 heavy (non-hydrogen) atoms. The molecule has 0 aliphatic heterocycles. The number of benzene rings is 1. The Morgan fingerprint density at radius 1 is 1.33 bits per heavy atom. The van der Waals surface area contributed by atoms with E-state index in [4.69, 9.17) is 5.11 Å². The molecule has 4 nitrogen and oxygen atoms in total. The number of rotatable bonds is 1. The van der Waals surface area contributed by atoms with Crippen molar-refractivity contribution in [2.75, 3.05) is 0 Å². The van der Waals surface area contributed by atoms with Gasteiger partial charge in [-0.25, -0.2) is 4.39 Å². The van der Waals surface area contributed by atoms with Gasteiger partial charge in [0.1, 0.15) is 0 Å². The summed E-state index contributed by atoms with van der Waals surface area (Å²) < 4.78 is 24.9. The highest BCUT2D eigenvalue weighted by atomic mass is 19.1. The summed E-state index contributed by atoms with van der Waals surface area (Å²) >= 11 is 0. The van der Waals surface area contributed by atoms with Gasteiger partial charge < -0.3 is 5.11 Å². The minimum atomic E-state index is -1.28. The van der Waals surface area contributed by atoms with Crippen LogP contribution in [-0.2, 0) is 0 Å².